The number of aromatic nitrogens is 2. The Kier molecular flexibility index (Phi) is 4.86. The highest BCUT2D eigenvalue weighted by Gasteiger charge is 2.05. The molecule has 1 heterocycles. The van der Waals surface area contributed by atoms with E-state index in [0.717, 1.165) is 11.4 Å². The molecule has 0 spiro atoms. The number of anilines is 4. The predicted octanol–water partition coefficient (Wildman–Crippen LogP) is 4.50. The van der Waals surface area contributed by atoms with Crippen LogP contribution in [0.4, 0.5) is 27.5 Å². The molecule has 0 bridgehead atoms. The Morgan fingerprint density at radius 1 is 1.00 bits per heavy atom. The monoisotopic (exact) mass is 324 g/mol. The summed E-state index contributed by atoms with van der Waals surface area (Å²) in [6.07, 6.45) is 1.64. The van der Waals surface area contributed by atoms with Crippen molar-refractivity contribution >= 4 is 23.1 Å². The number of ether oxygens (including phenoxy) is 1. The second-order valence-corrected chi connectivity index (χ2v) is 4.95. The molecule has 0 radical (unpaired) electrons. The van der Waals surface area contributed by atoms with E-state index in [1.54, 1.807) is 24.4 Å². The highest BCUT2D eigenvalue weighted by molar-refractivity contribution is 5.65. The van der Waals surface area contributed by atoms with Crippen molar-refractivity contribution in [3.05, 3.63) is 66.6 Å². The van der Waals surface area contributed by atoms with Gasteiger partial charge in [-0.3, -0.25) is 0 Å². The number of nitrogens with one attached hydrogen (secondary N) is 2. The van der Waals surface area contributed by atoms with E-state index < -0.39 is 0 Å². The molecule has 24 heavy (non-hydrogen) atoms. The molecule has 0 fully saturated rings. The second-order valence-electron chi connectivity index (χ2n) is 4.95. The molecule has 0 unspecified atom stereocenters. The van der Waals surface area contributed by atoms with E-state index in [1.807, 2.05) is 31.2 Å². The van der Waals surface area contributed by atoms with Gasteiger partial charge in [-0.25, -0.2) is 9.37 Å². The molecule has 5 nitrogen and oxygen atoms in total. The van der Waals surface area contributed by atoms with Gasteiger partial charge in [0.05, 0.1) is 12.3 Å². The Balaban J connectivity index is 1.77. The zero-order chi connectivity index (χ0) is 16.8. The SMILES string of the molecule is CCOc1ccccc1Nc1ccnc(Nc2ccc(F)cc2)n1. The van der Waals surface area contributed by atoms with Crippen LogP contribution in [0.15, 0.2) is 60.8 Å². The molecular weight excluding hydrogens is 307 g/mol. The molecular formula is C18H17FN4O. The van der Waals surface area contributed by atoms with Gasteiger partial charge in [-0.1, -0.05) is 12.1 Å². The Hall–Kier alpha value is -3.15. The molecule has 2 aromatic carbocycles. The molecule has 0 aliphatic carbocycles. The van der Waals surface area contributed by atoms with E-state index >= 15 is 0 Å². The summed E-state index contributed by atoms with van der Waals surface area (Å²) in [5, 5.41) is 6.25. The molecule has 6 heteroatoms. The van der Waals surface area contributed by atoms with Crippen molar-refractivity contribution < 1.29 is 9.13 Å². The summed E-state index contributed by atoms with van der Waals surface area (Å²) in [4.78, 5) is 8.57. The van der Waals surface area contributed by atoms with Crippen LogP contribution >= 0.6 is 0 Å². The van der Waals surface area contributed by atoms with Crippen molar-refractivity contribution in [2.45, 2.75) is 6.92 Å². The lowest BCUT2D eigenvalue weighted by Gasteiger charge is -2.12. The van der Waals surface area contributed by atoms with Gasteiger partial charge >= 0.3 is 0 Å². The Morgan fingerprint density at radius 3 is 2.58 bits per heavy atom. The van der Waals surface area contributed by atoms with Gasteiger partial charge in [0, 0.05) is 11.9 Å². The average Bonchev–Trinajstić information content (AvgIpc) is 2.59. The van der Waals surface area contributed by atoms with Crippen molar-refractivity contribution in [1.29, 1.82) is 0 Å². The van der Waals surface area contributed by atoms with Crippen LogP contribution in [0.1, 0.15) is 6.92 Å². The fourth-order valence-corrected chi connectivity index (χ4v) is 2.14. The minimum Gasteiger partial charge on any atom is -0.492 e. The first-order chi connectivity index (χ1) is 11.7. The molecule has 2 N–H and O–H groups in total. The third-order valence-corrected chi connectivity index (χ3v) is 3.21. The Labute approximate surface area is 139 Å². The summed E-state index contributed by atoms with van der Waals surface area (Å²) in [7, 11) is 0. The zero-order valence-electron chi connectivity index (χ0n) is 13.2. The minimum absolute atomic E-state index is 0.288. The summed E-state index contributed by atoms with van der Waals surface area (Å²) in [5.41, 5.74) is 1.54. The third-order valence-electron chi connectivity index (χ3n) is 3.21. The Morgan fingerprint density at radius 2 is 1.79 bits per heavy atom. The molecule has 3 aromatic rings. The van der Waals surface area contributed by atoms with E-state index in [2.05, 4.69) is 20.6 Å². The maximum atomic E-state index is 13.0. The van der Waals surface area contributed by atoms with Gasteiger partial charge < -0.3 is 15.4 Å². The van der Waals surface area contributed by atoms with Gasteiger partial charge in [0.2, 0.25) is 5.95 Å². The van der Waals surface area contributed by atoms with E-state index in [4.69, 9.17) is 4.74 Å². The number of halogens is 1. The van der Waals surface area contributed by atoms with Crippen LogP contribution in [0.25, 0.3) is 0 Å². The summed E-state index contributed by atoms with van der Waals surface area (Å²) >= 11 is 0. The lowest BCUT2D eigenvalue weighted by Crippen LogP contribution is -2.02. The summed E-state index contributed by atoms with van der Waals surface area (Å²) in [5.74, 6) is 1.51. The molecule has 0 saturated carbocycles. The van der Waals surface area contributed by atoms with E-state index in [1.165, 1.54) is 12.1 Å². The number of hydrogen-bond donors (Lipinski definition) is 2. The summed E-state index contributed by atoms with van der Waals surface area (Å²) < 4.78 is 18.5. The lowest BCUT2D eigenvalue weighted by atomic mass is 10.3. The molecule has 0 amide bonds. The van der Waals surface area contributed by atoms with Crippen LogP contribution < -0.4 is 15.4 Å². The number of hydrogen-bond acceptors (Lipinski definition) is 5. The molecule has 0 aliphatic heterocycles. The molecule has 0 atom stereocenters. The van der Waals surface area contributed by atoms with Crippen molar-refractivity contribution in [2.24, 2.45) is 0 Å². The molecule has 0 aliphatic rings. The predicted molar refractivity (Wildman–Crippen MR) is 92.6 cm³/mol. The normalized spacial score (nSPS) is 10.2. The summed E-state index contributed by atoms with van der Waals surface area (Å²) in [6.45, 7) is 2.52. The number of nitrogens with zero attached hydrogens (tertiary/aromatic N) is 2. The molecule has 1 aromatic heterocycles. The van der Waals surface area contributed by atoms with E-state index in [0.29, 0.717) is 24.1 Å². The minimum atomic E-state index is -0.288. The molecule has 3 rings (SSSR count). The third kappa shape index (κ3) is 3.98. The molecule has 0 saturated heterocycles. The lowest BCUT2D eigenvalue weighted by molar-refractivity contribution is 0.342. The number of para-hydroxylation sites is 2. The summed E-state index contributed by atoms with van der Waals surface area (Å²) in [6, 6.07) is 15.4. The maximum Gasteiger partial charge on any atom is 0.229 e. The van der Waals surface area contributed by atoms with Gasteiger partial charge in [0.25, 0.3) is 0 Å². The quantitative estimate of drug-likeness (QED) is 0.699. The highest BCUT2D eigenvalue weighted by atomic mass is 19.1. The fourth-order valence-electron chi connectivity index (χ4n) is 2.14. The Bertz CT molecular complexity index is 808. The smallest absolute Gasteiger partial charge is 0.229 e. The molecule has 122 valence electrons. The highest BCUT2D eigenvalue weighted by Crippen LogP contribution is 2.27. The second kappa shape index (κ2) is 7.41. The van der Waals surface area contributed by atoms with Gasteiger partial charge in [0.1, 0.15) is 17.4 Å². The van der Waals surface area contributed by atoms with Crippen molar-refractivity contribution in [2.75, 3.05) is 17.2 Å². The van der Waals surface area contributed by atoms with E-state index in [-0.39, 0.29) is 5.82 Å². The first kappa shape index (κ1) is 15.7. The van der Waals surface area contributed by atoms with Crippen LogP contribution in [0.2, 0.25) is 0 Å². The van der Waals surface area contributed by atoms with Gasteiger partial charge in [-0.15, -0.1) is 0 Å². The fraction of sp³-hybridized carbons (Fsp3) is 0.111. The number of rotatable bonds is 6. The van der Waals surface area contributed by atoms with Crippen LogP contribution in [0.5, 0.6) is 5.75 Å². The van der Waals surface area contributed by atoms with Gasteiger partial charge in [-0.2, -0.15) is 4.98 Å². The number of benzene rings is 2. The van der Waals surface area contributed by atoms with Crippen LogP contribution in [-0.4, -0.2) is 16.6 Å². The van der Waals surface area contributed by atoms with E-state index in [9.17, 15) is 4.39 Å². The van der Waals surface area contributed by atoms with Crippen LogP contribution in [0, 0.1) is 5.82 Å². The van der Waals surface area contributed by atoms with Crippen LogP contribution in [0.3, 0.4) is 0 Å². The topological polar surface area (TPSA) is 59.1 Å². The van der Waals surface area contributed by atoms with Crippen molar-refractivity contribution in [1.82, 2.24) is 9.97 Å². The standard InChI is InChI=1S/C18H17FN4O/c1-2-24-16-6-4-3-5-15(16)22-17-11-12-20-18(23-17)21-14-9-7-13(19)8-10-14/h3-12H,2H2,1H3,(H2,20,21,22,23). The van der Waals surface area contributed by atoms with Crippen LogP contribution in [-0.2, 0) is 0 Å². The first-order valence-corrected chi connectivity index (χ1v) is 7.59. The van der Waals surface area contributed by atoms with Gasteiger partial charge in [-0.05, 0) is 49.4 Å². The zero-order valence-corrected chi connectivity index (χ0v) is 13.2. The average molecular weight is 324 g/mol. The van der Waals surface area contributed by atoms with Gasteiger partial charge in [0.15, 0.2) is 0 Å². The maximum absolute atomic E-state index is 13.0. The van der Waals surface area contributed by atoms with Crippen molar-refractivity contribution in [3.8, 4) is 5.75 Å². The largest absolute Gasteiger partial charge is 0.492 e. The first-order valence-electron chi connectivity index (χ1n) is 7.59. The van der Waals surface area contributed by atoms with Crippen molar-refractivity contribution in [3.63, 3.8) is 0 Å².